The van der Waals surface area contributed by atoms with Crippen molar-refractivity contribution in [2.75, 3.05) is 5.32 Å². The first-order chi connectivity index (χ1) is 15.2. The van der Waals surface area contributed by atoms with Gasteiger partial charge in [-0.15, -0.1) is 5.10 Å². The maximum absolute atomic E-state index is 12.6. The molecule has 0 bridgehead atoms. The normalized spacial score (nSPS) is 11.0. The van der Waals surface area contributed by atoms with Crippen molar-refractivity contribution in [3.63, 3.8) is 0 Å². The molecular weight excluding hydrogens is 412 g/mol. The predicted molar refractivity (Wildman–Crippen MR) is 120 cm³/mol. The summed E-state index contributed by atoms with van der Waals surface area (Å²) < 4.78 is 1.30. The van der Waals surface area contributed by atoms with Crippen LogP contribution in [0.2, 0.25) is 0 Å². The smallest absolute Gasteiger partial charge is 0.283 e. The highest BCUT2D eigenvalue weighted by Gasteiger charge is 2.11. The highest BCUT2D eigenvalue weighted by atomic mass is 32.1. The van der Waals surface area contributed by atoms with Crippen molar-refractivity contribution in [2.24, 2.45) is 0 Å². The van der Waals surface area contributed by atoms with E-state index < -0.39 is 0 Å². The number of nitrogens with zero attached hydrogens (tertiary/aromatic N) is 4. The molecule has 8 nitrogen and oxygen atoms in total. The summed E-state index contributed by atoms with van der Waals surface area (Å²) in [5.41, 5.74) is 2.72. The van der Waals surface area contributed by atoms with Crippen LogP contribution in [0.15, 0.2) is 77.9 Å². The van der Waals surface area contributed by atoms with E-state index in [0.717, 1.165) is 11.3 Å². The van der Waals surface area contributed by atoms with E-state index in [9.17, 15) is 9.59 Å². The van der Waals surface area contributed by atoms with Gasteiger partial charge in [0.25, 0.3) is 11.5 Å². The number of hydrogen-bond acceptors (Lipinski definition) is 7. The molecule has 0 spiro atoms. The molecule has 9 heteroatoms. The van der Waals surface area contributed by atoms with E-state index in [1.165, 1.54) is 15.9 Å². The first kappa shape index (κ1) is 18.9. The highest BCUT2D eigenvalue weighted by molar-refractivity contribution is 7.20. The summed E-state index contributed by atoms with van der Waals surface area (Å²) in [5, 5.41) is 11.5. The molecule has 0 radical (unpaired) electrons. The zero-order chi connectivity index (χ0) is 21.2. The maximum atomic E-state index is 12.6. The predicted octanol–water partition coefficient (Wildman–Crippen LogP) is 3.37. The lowest BCUT2D eigenvalue weighted by atomic mass is 10.2. The lowest BCUT2D eigenvalue weighted by molar-refractivity contribution is 0.0951. The fourth-order valence-corrected chi connectivity index (χ4v) is 3.94. The van der Waals surface area contributed by atoms with Crippen LogP contribution in [0.4, 0.5) is 10.8 Å². The molecule has 0 atom stereocenters. The Morgan fingerprint density at radius 2 is 1.77 bits per heavy atom. The van der Waals surface area contributed by atoms with Crippen molar-refractivity contribution in [1.82, 2.24) is 24.9 Å². The Kier molecular flexibility index (Phi) is 4.85. The zero-order valence-electron chi connectivity index (χ0n) is 16.1. The van der Waals surface area contributed by atoms with Gasteiger partial charge in [-0.3, -0.25) is 14.6 Å². The first-order valence-corrected chi connectivity index (χ1v) is 10.3. The van der Waals surface area contributed by atoms with E-state index in [2.05, 4.69) is 25.7 Å². The van der Waals surface area contributed by atoms with Crippen LogP contribution in [0, 0.1) is 0 Å². The van der Waals surface area contributed by atoms with Crippen molar-refractivity contribution in [1.29, 1.82) is 0 Å². The number of para-hydroxylation sites is 1. The minimum atomic E-state index is -0.203. The van der Waals surface area contributed by atoms with Gasteiger partial charge in [0.2, 0.25) is 10.1 Å². The number of pyridine rings is 1. The maximum Gasteiger partial charge on any atom is 0.283 e. The number of nitrogens with one attached hydrogen (secondary N) is 2. The minimum Gasteiger partial charge on any atom is -0.348 e. The zero-order valence-corrected chi connectivity index (χ0v) is 17.0. The molecule has 0 aliphatic heterocycles. The number of rotatable bonds is 5. The second-order valence-corrected chi connectivity index (χ2v) is 7.73. The van der Waals surface area contributed by atoms with Gasteiger partial charge in [0, 0.05) is 30.2 Å². The summed E-state index contributed by atoms with van der Waals surface area (Å²) in [4.78, 5) is 34.0. The molecule has 0 saturated heterocycles. The topological polar surface area (TPSA) is 101 Å². The molecule has 2 aromatic carbocycles. The van der Waals surface area contributed by atoms with Gasteiger partial charge in [-0.25, -0.2) is 4.98 Å². The SMILES string of the molecule is O=C(NCc1ccncc1)c1ccc(Nc2nn3c(=O)c4ccccc4nc3s2)cc1. The average Bonchev–Trinajstić information content (AvgIpc) is 3.21. The first-order valence-electron chi connectivity index (χ1n) is 9.50. The number of benzene rings is 2. The van der Waals surface area contributed by atoms with Gasteiger partial charge in [-0.1, -0.05) is 23.5 Å². The molecule has 5 rings (SSSR count). The van der Waals surface area contributed by atoms with Crippen LogP contribution in [0.25, 0.3) is 15.9 Å². The summed E-state index contributed by atoms with van der Waals surface area (Å²) in [6, 6.07) is 18.0. The van der Waals surface area contributed by atoms with Crippen molar-refractivity contribution in [3.05, 3.63) is 94.5 Å². The van der Waals surface area contributed by atoms with E-state index >= 15 is 0 Å². The van der Waals surface area contributed by atoms with Gasteiger partial charge in [-0.05, 0) is 54.1 Å². The quantitative estimate of drug-likeness (QED) is 0.445. The summed E-state index contributed by atoms with van der Waals surface area (Å²) in [7, 11) is 0. The van der Waals surface area contributed by atoms with Gasteiger partial charge >= 0.3 is 0 Å². The van der Waals surface area contributed by atoms with E-state index in [1.807, 2.05) is 24.3 Å². The number of carbonyl (C=O) groups excluding carboxylic acids is 1. The van der Waals surface area contributed by atoms with Crippen molar-refractivity contribution in [2.45, 2.75) is 6.54 Å². The molecule has 3 aromatic heterocycles. The van der Waals surface area contributed by atoms with Crippen LogP contribution in [0.3, 0.4) is 0 Å². The molecule has 152 valence electrons. The molecule has 5 aromatic rings. The fourth-order valence-electron chi connectivity index (χ4n) is 3.12. The largest absolute Gasteiger partial charge is 0.348 e. The number of carbonyl (C=O) groups is 1. The molecule has 0 saturated carbocycles. The average molecular weight is 428 g/mol. The molecule has 0 fully saturated rings. The molecule has 1 amide bonds. The molecule has 2 N–H and O–H groups in total. The molecule has 0 aliphatic rings. The van der Waals surface area contributed by atoms with E-state index in [0.29, 0.717) is 33.1 Å². The number of hydrogen-bond donors (Lipinski definition) is 2. The Labute approximate surface area is 180 Å². The van der Waals surface area contributed by atoms with E-state index in [-0.39, 0.29) is 11.5 Å². The molecule has 31 heavy (non-hydrogen) atoms. The van der Waals surface area contributed by atoms with Crippen molar-refractivity contribution in [3.8, 4) is 0 Å². The highest BCUT2D eigenvalue weighted by Crippen LogP contribution is 2.23. The molecule has 0 aliphatic carbocycles. The molecular formula is C22H16N6O2S. The minimum absolute atomic E-state index is 0.161. The molecule has 0 unspecified atom stereocenters. The van der Waals surface area contributed by atoms with Crippen LogP contribution in [0.1, 0.15) is 15.9 Å². The van der Waals surface area contributed by atoms with Gasteiger partial charge in [-0.2, -0.15) is 4.52 Å². The Morgan fingerprint density at radius 3 is 2.58 bits per heavy atom. The van der Waals surface area contributed by atoms with Gasteiger partial charge < -0.3 is 10.6 Å². The second kappa shape index (κ2) is 7.96. The Hall–Kier alpha value is -4.11. The van der Waals surface area contributed by atoms with Crippen molar-refractivity contribution < 1.29 is 4.79 Å². The summed E-state index contributed by atoms with van der Waals surface area (Å²) in [6.07, 6.45) is 3.38. The van der Waals surface area contributed by atoms with Crippen LogP contribution in [-0.4, -0.2) is 25.5 Å². The van der Waals surface area contributed by atoms with Gasteiger partial charge in [0.05, 0.1) is 10.9 Å². The van der Waals surface area contributed by atoms with E-state index in [4.69, 9.17) is 0 Å². The van der Waals surface area contributed by atoms with Crippen LogP contribution >= 0.6 is 11.3 Å². The number of fused-ring (bicyclic) bond motifs is 2. The lowest BCUT2D eigenvalue weighted by Gasteiger charge is -2.06. The summed E-state index contributed by atoms with van der Waals surface area (Å²) >= 11 is 1.28. The third kappa shape index (κ3) is 3.86. The third-order valence-electron chi connectivity index (χ3n) is 4.70. The summed E-state index contributed by atoms with van der Waals surface area (Å²) in [6.45, 7) is 0.434. The Bertz CT molecular complexity index is 1440. The number of amides is 1. The second-order valence-electron chi connectivity index (χ2n) is 6.78. The standard InChI is InChI=1S/C22H16N6O2S/c29-19(24-13-14-9-11-23-12-10-14)15-5-7-16(8-6-15)25-21-27-28-20(30)17-3-1-2-4-18(17)26-22(28)31-21/h1-12H,13H2,(H,24,29)(H,25,27). The van der Waals surface area contributed by atoms with Gasteiger partial charge in [0.1, 0.15) is 0 Å². The summed E-state index contributed by atoms with van der Waals surface area (Å²) in [5.74, 6) is -0.161. The van der Waals surface area contributed by atoms with Crippen LogP contribution in [-0.2, 0) is 6.54 Å². The third-order valence-corrected chi connectivity index (χ3v) is 5.53. The lowest BCUT2D eigenvalue weighted by Crippen LogP contribution is -2.22. The molecule has 3 heterocycles. The Balaban J connectivity index is 1.32. The monoisotopic (exact) mass is 428 g/mol. The van der Waals surface area contributed by atoms with Crippen LogP contribution in [0.5, 0.6) is 0 Å². The Morgan fingerprint density at radius 1 is 1.00 bits per heavy atom. The van der Waals surface area contributed by atoms with E-state index in [1.54, 1.807) is 48.8 Å². The fraction of sp³-hybridized carbons (Fsp3) is 0.0455. The number of aromatic nitrogens is 4. The van der Waals surface area contributed by atoms with Crippen molar-refractivity contribution >= 4 is 43.9 Å². The number of anilines is 2. The van der Waals surface area contributed by atoms with Gasteiger partial charge in [0.15, 0.2) is 0 Å². The van der Waals surface area contributed by atoms with Crippen LogP contribution < -0.4 is 16.2 Å².